The number of carbonyl (C=O) groups is 5. The van der Waals surface area contributed by atoms with E-state index < -0.39 is 17.3 Å². The molecule has 13 nitrogen and oxygen atoms in total. The summed E-state index contributed by atoms with van der Waals surface area (Å²) >= 11 is 0. The summed E-state index contributed by atoms with van der Waals surface area (Å²) in [5, 5.41) is 5.33. The number of nitrogens with one attached hydrogen (secondary N) is 3. The zero-order valence-electron chi connectivity index (χ0n) is 23.7. The van der Waals surface area contributed by atoms with Crippen LogP contribution in [0.2, 0.25) is 0 Å². The van der Waals surface area contributed by atoms with Crippen LogP contribution in [-0.2, 0) is 33.8 Å². The number of H-pyrrole nitrogens is 1. The fourth-order valence-corrected chi connectivity index (χ4v) is 6.25. The number of hydrogen-bond acceptors (Lipinski definition) is 7. The number of rotatable bonds is 6. The Balaban J connectivity index is 1.19. The van der Waals surface area contributed by atoms with Crippen molar-refractivity contribution in [3.8, 4) is 0 Å². The van der Waals surface area contributed by atoms with Gasteiger partial charge in [0.15, 0.2) is 5.82 Å². The van der Waals surface area contributed by atoms with Crippen LogP contribution in [0.1, 0.15) is 61.8 Å². The van der Waals surface area contributed by atoms with Crippen molar-refractivity contribution in [1.29, 1.82) is 0 Å². The second-order valence-electron chi connectivity index (χ2n) is 10.9. The van der Waals surface area contributed by atoms with Crippen molar-refractivity contribution in [3.63, 3.8) is 0 Å². The number of methoxy groups -OCH3 is 1. The Morgan fingerprint density at radius 1 is 1.17 bits per heavy atom. The van der Waals surface area contributed by atoms with Gasteiger partial charge >= 0.3 is 5.97 Å². The van der Waals surface area contributed by atoms with Gasteiger partial charge in [-0.05, 0) is 31.4 Å². The fraction of sp³-hybridized carbons (Fsp3) is 0.310. The number of aromatic amines is 1. The number of piperidine rings is 1. The molecule has 4 heterocycles. The van der Waals surface area contributed by atoms with E-state index >= 15 is 0 Å². The maximum absolute atomic E-state index is 13.4. The second kappa shape index (κ2) is 9.43. The molecule has 6 rings (SSSR count). The monoisotopic (exact) mass is 571 g/mol. The van der Waals surface area contributed by atoms with Gasteiger partial charge in [0.2, 0.25) is 17.5 Å². The maximum atomic E-state index is 13.4. The highest BCUT2D eigenvalue weighted by Gasteiger charge is 2.68. The Bertz CT molecular complexity index is 1790. The Labute approximate surface area is 240 Å². The quantitative estimate of drug-likeness (QED) is 0.302. The standard InChI is InChI=1S/C29H29N7O6/c1-14-23(28(41)42-5)24-25(30-14)19(38)9-20-29(24)10-16(29)11-36(20)22(39)7-6-18-8-17(12-34(18)3)32-27(40)26-33-21(13-35(26)4)31-15(2)37/h6-9,12-13,16,30H,10-11H2,1-5H3,(H,31,37)(H,32,40)/b7-6+/t16-,29+/m0/s1. The van der Waals surface area contributed by atoms with Crippen LogP contribution in [0.4, 0.5) is 11.5 Å². The number of ketones is 1. The Morgan fingerprint density at radius 2 is 1.93 bits per heavy atom. The summed E-state index contributed by atoms with van der Waals surface area (Å²) in [5.41, 5.74) is 3.16. The van der Waals surface area contributed by atoms with E-state index in [1.807, 2.05) is 0 Å². The molecule has 0 aromatic carbocycles. The van der Waals surface area contributed by atoms with Gasteiger partial charge in [0.1, 0.15) is 0 Å². The van der Waals surface area contributed by atoms with Crippen LogP contribution in [0.3, 0.4) is 0 Å². The second-order valence-corrected chi connectivity index (χ2v) is 10.9. The molecular formula is C29H29N7O6. The third-order valence-corrected chi connectivity index (χ3v) is 8.14. The number of aromatic nitrogens is 4. The number of hydrogen-bond donors (Lipinski definition) is 3. The lowest BCUT2D eigenvalue weighted by molar-refractivity contribution is -0.124. The number of nitrogens with zero attached hydrogens (tertiary/aromatic N) is 4. The van der Waals surface area contributed by atoms with Crippen LogP contribution < -0.4 is 10.6 Å². The van der Waals surface area contributed by atoms with Crippen LogP contribution in [0, 0.1) is 12.8 Å². The van der Waals surface area contributed by atoms with Crippen molar-refractivity contribution in [2.45, 2.75) is 25.7 Å². The minimum Gasteiger partial charge on any atom is -0.465 e. The van der Waals surface area contributed by atoms with Gasteiger partial charge in [-0.25, -0.2) is 9.78 Å². The van der Waals surface area contributed by atoms with E-state index in [9.17, 15) is 24.0 Å². The normalized spacial score (nSPS) is 20.1. The van der Waals surface area contributed by atoms with E-state index in [2.05, 4.69) is 20.6 Å². The first-order valence-corrected chi connectivity index (χ1v) is 13.3. The maximum Gasteiger partial charge on any atom is 0.340 e. The molecule has 2 aliphatic carbocycles. The number of esters is 1. The minimum atomic E-state index is -0.561. The Morgan fingerprint density at radius 3 is 2.64 bits per heavy atom. The number of fused-ring (bicyclic) bond motifs is 1. The topological polar surface area (TPSA) is 160 Å². The number of aryl methyl sites for hydroxylation is 3. The van der Waals surface area contributed by atoms with Gasteiger partial charge in [0.05, 0.1) is 24.1 Å². The first-order valence-electron chi connectivity index (χ1n) is 13.3. The number of ether oxygens (including phenoxy) is 1. The van der Waals surface area contributed by atoms with Gasteiger partial charge < -0.3 is 34.4 Å². The molecule has 0 unspecified atom stereocenters. The molecule has 3 aromatic rings. The number of amides is 3. The van der Waals surface area contributed by atoms with Crippen molar-refractivity contribution in [3.05, 3.63) is 70.3 Å². The molecule has 1 saturated carbocycles. The van der Waals surface area contributed by atoms with E-state index in [4.69, 9.17) is 4.74 Å². The molecule has 1 spiro atoms. The molecule has 2 atom stereocenters. The lowest BCUT2D eigenvalue weighted by Crippen LogP contribution is -2.33. The van der Waals surface area contributed by atoms with Gasteiger partial charge in [-0.1, -0.05) is 0 Å². The average molecular weight is 572 g/mol. The van der Waals surface area contributed by atoms with Crippen LogP contribution >= 0.6 is 0 Å². The highest BCUT2D eigenvalue weighted by molar-refractivity contribution is 6.11. The molecule has 1 aliphatic heterocycles. The summed E-state index contributed by atoms with van der Waals surface area (Å²) in [6.45, 7) is 3.53. The Kier molecular flexibility index (Phi) is 6.06. The molecule has 3 amide bonds. The van der Waals surface area contributed by atoms with Crippen molar-refractivity contribution in [2.24, 2.45) is 20.0 Å². The molecule has 3 aliphatic rings. The van der Waals surface area contributed by atoms with Crippen LogP contribution in [0.5, 0.6) is 0 Å². The number of carbonyl (C=O) groups excluding carboxylic acids is 5. The molecule has 3 N–H and O–H groups in total. The molecule has 3 aromatic heterocycles. The van der Waals surface area contributed by atoms with Crippen molar-refractivity contribution >= 4 is 47.1 Å². The predicted molar refractivity (Wildman–Crippen MR) is 151 cm³/mol. The zero-order valence-corrected chi connectivity index (χ0v) is 23.7. The third-order valence-electron chi connectivity index (χ3n) is 8.14. The van der Waals surface area contributed by atoms with E-state index in [0.717, 1.165) is 6.42 Å². The van der Waals surface area contributed by atoms with Gasteiger partial charge in [0, 0.05) is 80.2 Å². The number of anilines is 2. The highest BCUT2D eigenvalue weighted by atomic mass is 16.5. The SMILES string of the molecule is COC(=O)c1c(C)[nH]c2c1[C@]13C[C@H]1CN(C(=O)/C=C/c1cc(NC(=O)c4nc(NC(C)=O)cn4C)cn1C)C3=CC2=O. The molecular weight excluding hydrogens is 542 g/mol. The van der Waals surface area contributed by atoms with Gasteiger partial charge in [-0.2, -0.15) is 0 Å². The van der Waals surface area contributed by atoms with Gasteiger partial charge in [-0.3, -0.25) is 19.2 Å². The molecule has 13 heteroatoms. The summed E-state index contributed by atoms with van der Waals surface area (Å²) in [4.78, 5) is 72.0. The molecule has 42 heavy (non-hydrogen) atoms. The first kappa shape index (κ1) is 27.0. The highest BCUT2D eigenvalue weighted by Crippen LogP contribution is 2.67. The molecule has 1 saturated heterocycles. The summed E-state index contributed by atoms with van der Waals surface area (Å²) < 4.78 is 8.27. The van der Waals surface area contributed by atoms with E-state index in [1.54, 1.807) is 48.8 Å². The minimum absolute atomic E-state index is 0.0979. The largest absolute Gasteiger partial charge is 0.465 e. The number of imidazole rings is 1. The summed E-state index contributed by atoms with van der Waals surface area (Å²) in [7, 11) is 4.73. The summed E-state index contributed by atoms with van der Waals surface area (Å²) in [5.74, 6) is -1.36. The predicted octanol–water partition coefficient (Wildman–Crippen LogP) is 2.29. The molecule has 216 valence electrons. The van der Waals surface area contributed by atoms with Gasteiger partial charge in [-0.15, -0.1) is 0 Å². The first-order chi connectivity index (χ1) is 19.9. The lowest BCUT2D eigenvalue weighted by Gasteiger charge is -2.27. The van der Waals surface area contributed by atoms with Gasteiger partial charge in [0.25, 0.3) is 11.8 Å². The van der Waals surface area contributed by atoms with Crippen LogP contribution in [0.25, 0.3) is 6.08 Å². The van der Waals surface area contributed by atoms with Crippen LogP contribution in [-0.4, -0.2) is 67.1 Å². The zero-order chi connectivity index (χ0) is 30.1. The molecule has 0 bridgehead atoms. The van der Waals surface area contributed by atoms with Crippen molar-refractivity contribution in [1.82, 2.24) is 24.0 Å². The van der Waals surface area contributed by atoms with Crippen molar-refractivity contribution in [2.75, 3.05) is 24.3 Å². The fourth-order valence-electron chi connectivity index (χ4n) is 6.25. The van der Waals surface area contributed by atoms with E-state index in [1.165, 1.54) is 36.9 Å². The van der Waals surface area contributed by atoms with Crippen molar-refractivity contribution < 1.29 is 28.7 Å². The van der Waals surface area contributed by atoms with Crippen LogP contribution in [0.15, 0.2) is 36.3 Å². The average Bonchev–Trinajstić information content (AvgIpc) is 3.23. The summed E-state index contributed by atoms with van der Waals surface area (Å²) in [6, 6.07) is 1.71. The third kappa shape index (κ3) is 4.07. The number of allylic oxidation sites excluding steroid dienone is 2. The van der Waals surface area contributed by atoms with E-state index in [-0.39, 0.29) is 35.2 Å². The smallest absolute Gasteiger partial charge is 0.340 e. The Hall–Kier alpha value is -5.20. The number of likely N-dealkylation sites (tertiary alicyclic amines) is 1. The molecule has 2 fully saturated rings. The molecule has 0 radical (unpaired) electrons. The summed E-state index contributed by atoms with van der Waals surface area (Å²) in [6.07, 6.45) is 8.56. The lowest BCUT2D eigenvalue weighted by atomic mass is 9.82. The van der Waals surface area contributed by atoms with E-state index in [0.29, 0.717) is 46.1 Å².